The molecule has 3 rings (SSSR count). The van der Waals surface area contributed by atoms with Crippen molar-refractivity contribution >= 4 is 10.0 Å². The minimum absolute atomic E-state index is 0.103. The van der Waals surface area contributed by atoms with Gasteiger partial charge < -0.3 is 9.64 Å². The van der Waals surface area contributed by atoms with E-state index in [1.54, 1.807) is 24.3 Å². The number of ether oxygens (including phenoxy) is 1. The van der Waals surface area contributed by atoms with Gasteiger partial charge in [-0.25, -0.2) is 13.1 Å². The SMILES string of the molecule is CC(C)(CNS(=O)(=O)c1ccccc1)C(C)(C)CN1CCCOC(Cc2ccccc2)C1. The number of nitrogens with one attached hydrogen (secondary N) is 1. The highest BCUT2D eigenvalue weighted by Gasteiger charge is 2.39. The van der Waals surface area contributed by atoms with Crippen molar-refractivity contribution in [2.75, 3.05) is 32.8 Å². The highest BCUT2D eigenvalue weighted by molar-refractivity contribution is 7.89. The third-order valence-corrected chi connectivity index (χ3v) is 8.37. The molecule has 1 N–H and O–H groups in total. The minimum Gasteiger partial charge on any atom is -0.376 e. The van der Waals surface area contributed by atoms with Crippen molar-refractivity contribution in [2.24, 2.45) is 10.8 Å². The molecule has 0 bridgehead atoms. The molecule has 6 heteroatoms. The van der Waals surface area contributed by atoms with Crippen LogP contribution < -0.4 is 4.72 Å². The Kier molecular flexibility index (Phi) is 8.15. The van der Waals surface area contributed by atoms with Crippen LogP contribution in [-0.4, -0.2) is 52.2 Å². The average molecular weight is 459 g/mol. The fourth-order valence-electron chi connectivity index (χ4n) is 4.08. The van der Waals surface area contributed by atoms with E-state index in [4.69, 9.17) is 4.74 Å². The van der Waals surface area contributed by atoms with Crippen molar-refractivity contribution < 1.29 is 13.2 Å². The van der Waals surface area contributed by atoms with Crippen LogP contribution in [0.3, 0.4) is 0 Å². The Hall–Kier alpha value is -1.73. The first-order chi connectivity index (χ1) is 15.1. The predicted octanol–water partition coefficient (Wildman–Crippen LogP) is 4.35. The first-order valence-electron chi connectivity index (χ1n) is 11.5. The second kappa shape index (κ2) is 10.5. The normalized spacial score (nSPS) is 18.9. The van der Waals surface area contributed by atoms with E-state index in [1.807, 2.05) is 12.1 Å². The van der Waals surface area contributed by atoms with Gasteiger partial charge in [0.15, 0.2) is 0 Å². The summed E-state index contributed by atoms with van der Waals surface area (Å²) in [5, 5.41) is 0. The lowest BCUT2D eigenvalue weighted by atomic mass is 9.67. The molecule has 2 aromatic rings. The molecule has 0 aromatic heterocycles. The first-order valence-corrected chi connectivity index (χ1v) is 13.0. The second-order valence-electron chi connectivity index (χ2n) is 10.2. The molecule has 1 saturated heterocycles. The Morgan fingerprint density at radius 1 is 0.969 bits per heavy atom. The summed E-state index contributed by atoms with van der Waals surface area (Å²) in [4.78, 5) is 2.80. The quantitative estimate of drug-likeness (QED) is 0.607. The number of hydrogen-bond donors (Lipinski definition) is 1. The van der Waals surface area contributed by atoms with Gasteiger partial charge in [0, 0.05) is 32.8 Å². The zero-order chi connectivity index (χ0) is 23.2. The van der Waals surface area contributed by atoms with Gasteiger partial charge in [-0.05, 0) is 41.4 Å². The zero-order valence-corrected chi connectivity index (χ0v) is 20.7. The number of nitrogens with zero attached hydrogens (tertiary/aromatic N) is 1. The van der Waals surface area contributed by atoms with E-state index in [-0.39, 0.29) is 16.9 Å². The van der Waals surface area contributed by atoms with E-state index in [1.165, 1.54) is 5.56 Å². The van der Waals surface area contributed by atoms with Crippen LogP contribution in [0.4, 0.5) is 0 Å². The maximum Gasteiger partial charge on any atom is 0.240 e. The van der Waals surface area contributed by atoms with Gasteiger partial charge in [-0.15, -0.1) is 0 Å². The van der Waals surface area contributed by atoms with Crippen LogP contribution in [0.25, 0.3) is 0 Å². The Morgan fingerprint density at radius 3 is 2.25 bits per heavy atom. The van der Waals surface area contributed by atoms with Crippen LogP contribution in [0.15, 0.2) is 65.6 Å². The van der Waals surface area contributed by atoms with E-state index >= 15 is 0 Å². The number of benzene rings is 2. The van der Waals surface area contributed by atoms with Gasteiger partial charge in [-0.1, -0.05) is 76.2 Å². The van der Waals surface area contributed by atoms with Crippen LogP contribution in [0, 0.1) is 10.8 Å². The predicted molar refractivity (Wildman–Crippen MR) is 130 cm³/mol. The molecule has 0 amide bonds. The van der Waals surface area contributed by atoms with Crippen LogP contribution in [0.5, 0.6) is 0 Å². The van der Waals surface area contributed by atoms with E-state index in [0.29, 0.717) is 11.4 Å². The maximum atomic E-state index is 12.7. The Morgan fingerprint density at radius 2 is 1.59 bits per heavy atom. The summed E-state index contributed by atoms with van der Waals surface area (Å²) < 4.78 is 34.4. The molecule has 1 aliphatic heterocycles. The lowest BCUT2D eigenvalue weighted by Gasteiger charge is -2.45. The summed E-state index contributed by atoms with van der Waals surface area (Å²) in [5.74, 6) is 0. The monoisotopic (exact) mass is 458 g/mol. The van der Waals surface area contributed by atoms with Crippen LogP contribution >= 0.6 is 0 Å². The highest BCUT2D eigenvalue weighted by Crippen LogP contribution is 2.39. The molecular weight excluding hydrogens is 420 g/mol. The third kappa shape index (κ3) is 6.64. The Bertz CT molecular complexity index is 944. The van der Waals surface area contributed by atoms with Gasteiger partial charge in [-0.2, -0.15) is 0 Å². The smallest absolute Gasteiger partial charge is 0.240 e. The van der Waals surface area contributed by atoms with Crippen molar-refractivity contribution in [2.45, 2.75) is 51.5 Å². The summed E-state index contributed by atoms with van der Waals surface area (Å²) in [5.41, 5.74) is 0.958. The Balaban J connectivity index is 1.62. The largest absolute Gasteiger partial charge is 0.376 e. The molecule has 0 spiro atoms. The van der Waals surface area contributed by atoms with E-state index in [0.717, 1.165) is 39.1 Å². The van der Waals surface area contributed by atoms with E-state index in [2.05, 4.69) is 61.6 Å². The molecule has 176 valence electrons. The van der Waals surface area contributed by atoms with Gasteiger partial charge in [0.05, 0.1) is 11.0 Å². The molecule has 1 aliphatic rings. The molecule has 0 radical (unpaired) electrons. The summed E-state index contributed by atoms with van der Waals surface area (Å²) in [6, 6.07) is 19.1. The van der Waals surface area contributed by atoms with E-state index < -0.39 is 10.0 Å². The van der Waals surface area contributed by atoms with Crippen molar-refractivity contribution in [3.63, 3.8) is 0 Å². The van der Waals surface area contributed by atoms with Gasteiger partial charge >= 0.3 is 0 Å². The topological polar surface area (TPSA) is 58.6 Å². The molecule has 0 saturated carbocycles. The number of hydrogen-bond acceptors (Lipinski definition) is 4. The number of rotatable bonds is 9. The molecule has 32 heavy (non-hydrogen) atoms. The summed E-state index contributed by atoms with van der Waals surface area (Å²) in [7, 11) is -3.52. The molecule has 1 atom stereocenters. The first kappa shape index (κ1) is 24.9. The molecule has 5 nitrogen and oxygen atoms in total. The standard InChI is InChI=1S/C26H38N2O3S/c1-25(2,20-27-32(29,30)24-14-9-6-10-15-24)26(3,4)21-28-16-11-17-31-23(19-28)18-22-12-7-5-8-13-22/h5-10,12-15,23,27H,11,16-21H2,1-4H3. The van der Waals surface area contributed by atoms with Crippen molar-refractivity contribution in [1.29, 1.82) is 0 Å². The van der Waals surface area contributed by atoms with Gasteiger partial charge in [-0.3, -0.25) is 0 Å². The van der Waals surface area contributed by atoms with Crippen molar-refractivity contribution in [1.82, 2.24) is 9.62 Å². The zero-order valence-electron chi connectivity index (χ0n) is 19.9. The molecule has 1 fully saturated rings. The van der Waals surface area contributed by atoms with Crippen molar-refractivity contribution in [3.05, 3.63) is 66.2 Å². The summed E-state index contributed by atoms with van der Waals surface area (Å²) in [6.07, 6.45) is 2.11. The van der Waals surface area contributed by atoms with Crippen LogP contribution in [0.1, 0.15) is 39.7 Å². The minimum atomic E-state index is -3.52. The highest BCUT2D eigenvalue weighted by atomic mass is 32.2. The fourth-order valence-corrected chi connectivity index (χ4v) is 5.32. The molecular formula is C26H38N2O3S. The summed E-state index contributed by atoms with van der Waals surface area (Å²) in [6.45, 7) is 12.7. The van der Waals surface area contributed by atoms with Crippen LogP contribution in [-0.2, 0) is 21.2 Å². The molecule has 0 aliphatic carbocycles. The molecule has 1 heterocycles. The Labute approximate surface area is 194 Å². The average Bonchev–Trinajstić information content (AvgIpc) is 2.98. The van der Waals surface area contributed by atoms with Gasteiger partial charge in [0.25, 0.3) is 0 Å². The molecule has 1 unspecified atom stereocenters. The van der Waals surface area contributed by atoms with Gasteiger partial charge in [0.1, 0.15) is 0 Å². The fraction of sp³-hybridized carbons (Fsp3) is 0.538. The lowest BCUT2D eigenvalue weighted by Crippen LogP contribution is -2.49. The third-order valence-electron chi connectivity index (χ3n) is 6.95. The van der Waals surface area contributed by atoms with Gasteiger partial charge in [0.2, 0.25) is 10.0 Å². The number of sulfonamides is 1. The maximum absolute atomic E-state index is 12.7. The van der Waals surface area contributed by atoms with Crippen LogP contribution in [0.2, 0.25) is 0 Å². The lowest BCUT2D eigenvalue weighted by molar-refractivity contribution is 0.0291. The summed E-state index contributed by atoms with van der Waals surface area (Å²) >= 11 is 0. The van der Waals surface area contributed by atoms with E-state index in [9.17, 15) is 8.42 Å². The molecule has 2 aromatic carbocycles. The van der Waals surface area contributed by atoms with Crippen molar-refractivity contribution in [3.8, 4) is 0 Å². The second-order valence-corrected chi connectivity index (χ2v) is 11.9.